The number of hydrogen-bond donors (Lipinski definition) is 0. The third kappa shape index (κ3) is 4.64. The molecule has 2 atom stereocenters. The zero-order valence-electron chi connectivity index (χ0n) is 16.4. The fraction of sp³-hybridized carbons (Fsp3) is 0.478. The Morgan fingerprint density at radius 2 is 1.82 bits per heavy atom. The van der Waals surface area contributed by atoms with Crippen molar-refractivity contribution in [1.29, 1.82) is 0 Å². The predicted molar refractivity (Wildman–Crippen MR) is 115 cm³/mol. The van der Waals surface area contributed by atoms with Crippen LogP contribution in [0.25, 0.3) is 0 Å². The standard InChI is InChI=1S/C23H28BrN3O/c1-26(23(28)22-16-21(22)18-2-4-19(24)5-3-18)20-9-14-27(15-10-20)13-8-17-6-11-25-12-7-17/h2-7,11-12,20-22H,8-10,13-16H2,1H3/t21-,22-/m1/s1. The molecule has 1 saturated heterocycles. The first-order chi connectivity index (χ1) is 13.6. The first-order valence-corrected chi connectivity index (χ1v) is 11.0. The first-order valence-electron chi connectivity index (χ1n) is 10.2. The van der Waals surface area contributed by atoms with Crippen LogP contribution in [0.5, 0.6) is 0 Å². The van der Waals surface area contributed by atoms with Crippen molar-refractivity contribution >= 4 is 21.8 Å². The highest BCUT2D eigenvalue weighted by atomic mass is 79.9. The van der Waals surface area contributed by atoms with Crippen molar-refractivity contribution in [3.8, 4) is 0 Å². The van der Waals surface area contributed by atoms with Crippen molar-refractivity contribution in [2.75, 3.05) is 26.7 Å². The number of benzene rings is 1. The van der Waals surface area contributed by atoms with E-state index in [1.54, 1.807) is 0 Å². The number of amides is 1. The lowest BCUT2D eigenvalue weighted by atomic mass is 10.0. The third-order valence-electron chi connectivity index (χ3n) is 6.32. The first kappa shape index (κ1) is 19.6. The lowest BCUT2D eigenvalue weighted by Gasteiger charge is -2.37. The smallest absolute Gasteiger partial charge is 0.226 e. The van der Waals surface area contributed by atoms with Crippen LogP contribution in [0.4, 0.5) is 0 Å². The number of pyridine rings is 1. The number of hydrogen-bond acceptors (Lipinski definition) is 3. The van der Waals surface area contributed by atoms with Crippen LogP contribution >= 0.6 is 15.9 Å². The quantitative estimate of drug-likeness (QED) is 0.676. The Morgan fingerprint density at radius 1 is 1.14 bits per heavy atom. The zero-order valence-corrected chi connectivity index (χ0v) is 18.0. The number of piperidine rings is 1. The molecule has 1 aromatic carbocycles. The van der Waals surface area contributed by atoms with Gasteiger partial charge in [-0.25, -0.2) is 0 Å². The largest absolute Gasteiger partial charge is 0.342 e. The second-order valence-electron chi connectivity index (χ2n) is 8.13. The summed E-state index contributed by atoms with van der Waals surface area (Å²) < 4.78 is 1.09. The molecule has 0 radical (unpaired) electrons. The summed E-state index contributed by atoms with van der Waals surface area (Å²) in [5.74, 6) is 0.919. The number of likely N-dealkylation sites (tertiary alicyclic amines) is 1. The van der Waals surface area contributed by atoms with Gasteiger partial charge in [-0.05, 0) is 67.0 Å². The molecular formula is C23H28BrN3O. The van der Waals surface area contributed by atoms with Gasteiger partial charge in [0.2, 0.25) is 5.91 Å². The van der Waals surface area contributed by atoms with E-state index in [4.69, 9.17) is 0 Å². The maximum atomic E-state index is 12.9. The van der Waals surface area contributed by atoms with Crippen LogP contribution in [0.3, 0.4) is 0 Å². The maximum absolute atomic E-state index is 12.9. The molecule has 4 rings (SSSR count). The van der Waals surface area contributed by atoms with Crippen molar-refractivity contribution in [2.45, 2.75) is 37.6 Å². The van der Waals surface area contributed by atoms with E-state index in [2.05, 4.69) is 62.2 Å². The molecule has 1 aliphatic heterocycles. The number of nitrogens with zero attached hydrogens (tertiary/aromatic N) is 3. The summed E-state index contributed by atoms with van der Waals surface area (Å²) in [6.07, 6.45) is 7.94. The Kier molecular flexibility index (Phi) is 6.12. The van der Waals surface area contributed by atoms with E-state index in [0.717, 1.165) is 49.8 Å². The Hall–Kier alpha value is -1.72. The van der Waals surface area contributed by atoms with Gasteiger partial charge in [-0.15, -0.1) is 0 Å². The van der Waals surface area contributed by atoms with Crippen LogP contribution in [-0.4, -0.2) is 53.4 Å². The fourth-order valence-electron chi connectivity index (χ4n) is 4.35. The molecule has 5 heteroatoms. The number of carbonyl (C=O) groups is 1. The Balaban J connectivity index is 1.23. The van der Waals surface area contributed by atoms with Crippen LogP contribution in [0.1, 0.15) is 36.3 Å². The highest BCUT2D eigenvalue weighted by Crippen LogP contribution is 2.48. The van der Waals surface area contributed by atoms with E-state index in [9.17, 15) is 4.79 Å². The van der Waals surface area contributed by atoms with Gasteiger partial charge in [-0.1, -0.05) is 28.1 Å². The van der Waals surface area contributed by atoms with Gasteiger partial charge in [-0.2, -0.15) is 0 Å². The van der Waals surface area contributed by atoms with E-state index >= 15 is 0 Å². The molecule has 1 amide bonds. The van der Waals surface area contributed by atoms with E-state index < -0.39 is 0 Å². The molecule has 2 aromatic rings. The van der Waals surface area contributed by atoms with E-state index in [1.807, 2.05) is 24.3 Å². The number of carbonyl (C=O) groups excluding carboxylic acids is 1. The Morgan fingerprint density at radius 3 is 2.50 bits per heavy atom. The number of halogens is 1. The van der Waals surface area contributed by atoms with E-state index in [-0.39, 0.29) is 5.92 Å². The minimum absolute atomic E-state index is 0.177. The van der Waals surface area contributed by atoms with Crippen molar-refractivity contribution in [1.82, 2.24) is 14.8 Å². The van der Waals surface area contributed by atoms with Gasteiger partial charge < -0.3 is 9.80 Å². The molecule has 1 aliphatic carbocycles. The lowest BCUT2D eigenvalue weighted by Crippen LogP contribution is -2.46. The molecule has 28 heavy (non-hydrogen) atoms. The lowest BCUT2D eigenvalue weighted by molar-refractivity contribution is -0.134. The van der Waals surface area contributed by atoms with Gasteiger partial charge in [0.15, 0.2) is 0 Å². The summed E-state index contributed by atoms with van der Waals surface area (Å²) in [6, 6.07) is 13.0. The van der Waals surface area contributed by atoms with Crippen LogP contribution in [0.2, 0.25) is 0 Å². The molecule has 4 nitrogen and oxygen atoms in total. The minimum Gasteiger partial charge on any atom is -0.342 e. The average Bonchev–Trinajstić information content (AvgIpc) is 3.54. The van der Waals surface area contributed by atoms with Crippen molar-refractivity contribution in [2.24, 2.45) is 5.92 Å². The van der Waals surface area contributed by atoms with E-state index in [0.29, 0.717) is 17.9 Å². The summed E-state index contributed by atoms with van der Waals surface area (Å²) in [7, 11) is 2.01. The average molecular weight is 442 g/mol. The monoisotopic (exact) mass is 441 g/mol. The zero-order chi connectivity index (χ0) is 19.5. The second-order valence-corrected chi connectivity index (χ2v) is 9.04. The fourth-order valence-corrected chi connectivity index (χ4v) is 4.62. The normalized spacial score (nSPS) is 22.8. The molecule has 2 fully saturated rings. The summed E-state index contributed by atoms with van der Waals surface area (Å²) in [6.45, 7) is 3.24. The molecule has 0 spiro atoms. The summed E-state index contributed by atoms with van der Waals surface area (Å²) >= 11 is 3.48. The van der Waals surface area contributed by atoms with Gasteiger partial charge in [0.1, 0.15) is 0 Å². The van der Waals surface area contributed by atoms with Gasteiger partial charge >= 0.3 is 0 Å². The second kappa shape index (κ2) is 8.75. The molecule has 1 aromatic heterocycles. The molecular weight excluding hydrogens is 414 g/mol. The molecule has 1 saturated carbocycles. The van der Waals surface area contributed by atoms with Crippen LogP contribution < -0.4 is 0 Å². The van der Waals surface area contributed by atoms with Crippen LogP contribution in [-0.2, 0) is 11.2 Å². The number of rotatable bonds is 6. The maximum Gasteiger partial charge on any atom is 0.226 e. The minimum atomic E-state index is 0.177. The van der Waals surface area contributed by atoms with Gasteiger partial charge in [-0.3, -0.25) is 9.78 Å². The molecule has 0 bridgehead atoms. The van der Waals surface area contributed by atoms with Gasteiger partial charge in [0.05, 0.1) is 0 Å². The van der Waals surface area contributed by atoms with Crippen LogP contribution in [0.15, 0.2) is 53.3 Å². The van der Waals surface area contributed by atoms with Crippen molar-refractivity contribution in [3.63, 3.8) is 0 Å². The highest BCUT2D eigenvalue weighted by Gasteiger charge is 2.46. The number of aromatic nitrogens is 1. The predicted octanol–water partition coefficient (Wildman–Crippen LogP) is 4.11. The third-order valence-corrected chi connectivity index (χ3v) is 6.85. The van der Waals surface area contributed by atoms with Gasteiger partial charge in [0, 0.05) is 55.5 Å². The highest BCUT2D eigenvalue weighted by molar-refractivity contribution is 9.10. The van der Waals surface area contributed by atoms with E-state index in [1.165, 1.54) is 11.1 Å². The topological polar surface area (TPSA) is 36.4 Å². The molecule has 0 N–H and O–H groups in total. The summed E-state index contributed by atoms with van der Waals surface area (Å²) in [5, 5.41) is 0. The summed E-state index contributed by atoms with van der Waals surface area (Å²) in [4.78, 5) is 21.6. The molecule has 2 aliphatic rings. The van der Waals surface area contributed by atoms with Crippen molar-refractivity contribution in [3.05, 3.63) is 64.4 Å². The molecule has 148 valence electrons. The van der Waals surface area contributed by atoms with Crippen molar-refractivity contribution < 1.29 is 4.79 Å². The SMILES string of the molecule is CN(C(=O)[C@@H]1C[C@@H]1c1ccc(Br)cc1)C1CCN(CCc2ccncc2)CC1. The Bertz CT molecular complexity index is 787. The van der Waals surface area contributed by atoms with Gasteiger partial charge in [0.25, 0.3) is 0 Å². The molecule has 0 unspecified atom stereocenters. The molecule has 2 heterocycles. The van der Waals surface area contributed by atoms with Crippen LogP contribution in [0, 0.1) is 5.92 Å². The Labute approximate surface area is 176 Å². The summed E-state index contributed by atoms with van der Waals surface area (Å²) in [5.41, 5.74) is 2.64.